The zero-order chi connectivity index (χ0) is 37.9. The first kappa shape index (κ1) is 37.2. The lowest BCUT2D eigenvalue weighted by molar-refractivity contribution is -0.192. The fraction of sp³-hybridized carbons (Fsp3) is 0.258. The summed E-state index contributed by atoms with van der Waals surface area (Å²) >= 11 is 6.25. The van der Waals surface area contributed by atoms with Crippen LogP contribution in [0.2, 0.25) is 5.02 Å². The summed E-state index contributed by atoms with van der Waals surface area (Å²) in [7, 11) is 0. The molecule has 0 radical (unpaired) electrons. The monoisotopic (exact) mass is 749 g/mol. The molecule has 3 N–H and O–H groups in total. The molecule has 1 aromatic carbocycles. The smallest absolute Gasteiger partial charge is 0.476 e. The van der Waals surface area contributed by atoms with E-state index in [1.165, 1.54) is 38.6 Å². The molecule has 6 rings (SSSR count). The Balaban J connectivity index is 0.000000679. The lowest BCUT2D eigenvalue weighted by Gasteiger charge is -2.22. The highest BCUT2D eigenvalue weighted by molar-refractivity contribution is 6.31. The van der Waals surface area contributed by atoms with Gasteiger partial charge in [0.2, 0.25) is 5.91 Å². The molecule has 0 unspecified atom stereocenters. The van der Waals surface area contributed by atoms with Gasteiger partial charge in [-0.05, 0) is 43.2 Å². The van der Waals surface area contributed by atoms with E-state index in [1.54, 1.807) is 37.3 Å². The molecule has 2 atom stereocenters. The van der Waals surface area contributed by atoms with Crippen molar-refractivity contribution in [2.45, 2.75) is 44.8 Å². The van der Waals surface area contributed by atoms with Gasteiger partial charge < -0.3 is 15.5 Å². The van der Waals surface area contributed by atoms with Crippen LogP contribution in [-0.2, 0) is 9.59 Å². The highest BCUT2D eigenvalue weighted by Gasteiger charge is 2.38. The second-order valence-corrected chi connectivity index (χ2v) is 11.7. The zero-order valence-electron chi connectivity index (χ0n) is 26.5. The number of pyridine rings is 1. The van der Waals surface area contributed by atoms with Gasteiger partial charge in [0.05, 0.1) is 41.3 Å². The van der Waals surface area contributed by atoms with Crippen LogP contribution in [-0.4, -0.2) is 73.5 Å². The molecule has 1 aliphatic heterocycles. The summed E-state index contributed by atoms with van der Waals surface area (Å²) in [4.78, 5) is 56.2. The fourth-order valence-electron chi connectivity index (χ4n) is 5.15. The van der Waals surface area contributed by atoms with E-state index >= 15 is 0 Å². The van der Waals surface area contributed by atoms with Gasteiger partial charge in [-0.3, -0.25) is 19.1 Å². The van der Waals surface area contributed by atoms with E-state index in [4.69, 9.17) is 21.5 Å². The number of benzene rings is 1. The second-order valence-electron chi connectivity index (χ2n) is 11.3. The third-order valence-corrected chi connectivity index (χ3v) is 7.96. The number of fused-ring (bicyclic) bond motifs is 4. The van der Waals surface area contributed by atoms with Crippen molar-refractivity contribution in [2.75, 3.05) is 5.32 Å². The Morgan fingerprint density at radius 3 is 2.40 bits per heavy atom. The van der Waals surface area contributed by atoms with Crippen LogP contribution in [0.5, 0.6) is 0 Å². The van der Waals surface area contributed by atoms with E-state index in [0.717, 1.165) is 6.20 Å². The van der Waals surface area contributed by atoms with Crippen LogP contribution < -0.4 is 10.9 Å². The molecule has 15 nitrogen and oxygen atoms in total. The third-order valence-electron chi connectivity index (χ3n) is 7.72. The van der Waals surface area contributed by atoms with Gasteiger partial charge in [-0.1, -0.05) is 30.2 Å². The highest BCUT2D eigenvalue weighted by atomic mass is 35.5. The molecule has 0 saturated carbocycles. The lowest BCUT2D eigenvalue weighted by atomic mass is 9.98. The Morgan fingerprint density at radius 1 is 1.04 bits per heavy atom. The minimum atomic E-state index is -5.08. The molecule has 0 aliphatic carbocycles. The summed E-state index contributed by atoms with van der Waals surface area (Å²) in [6.45, 7) is 1.76. The molecule has 0 spiro atoms. The molecule has 1 amide bonds. The highest BCUT2D eigenvalue weighted by Crippen LogP contribution is 2.31. The van der Waals surface area contributed by atoms with E-state index < -0.39 is 47.8 Å². The summed E-state index contributed by atoms with van der Waals surface area (Å²) in [5.74, 6) is -4.55. The minimum absolute atomic E-state index is 0.187. The number of alkyl halides is 5. The molecule has 1 aliphatic rings. The van der Waals surface area contributed by atoms with Crippen molar-refractivity contribution in [1.29, 1.82) is 0 Å². The molecule has 52 heavy (non-hydrogen) atoms. The van der Waals surface area contributed by atoms with E-state index in [9.17, 15) is 41.4 Å². The maximum absolute atomic E-state index is 13.7. The lowest BCUT2D eigenvalue weighted by Crippen LogP contribution is -2.27. The summed E-state index contributed by atoms with van der Waals surface area (Å²) in [5, 5.41) is 31.2. The molecule has 4 aromatic heterocycles. The number of carbonyl (C=O) groups excluding carboxylic acids is 1. The van der Waals surface area contributed by atoms with E-state index in [1.807, 2.05) is 0 Å². The van der Waals surface area contributed by atoms with Crippen molar-refractivity contribution in [2.24, 2.45) is 5.92 Å². The number of hydrogen-bond acceptors (Lipinski definition) is 9. The van der Waals surface area contributed by atoms with Crippen molar-refractivity contribution in [3.05, 3.63) is 93.6 Å². The number of anilines is 1. The van der Waals surface area contributed by atoms with Crippen molar-refractivity contribution in [3.8, 4) is 22.6 Å². The standard InChI is InChI=1S/C29H24ClF2N9O4.C2HF3O2/c1-15-3-2-4-24(20-10-17(7-8-33-20)41-25(35-28(15)43)11-21(37-41)29(44)45)39-14-34-19(12-26(39)42)18-9-16(30)5-6-23(18)40-13-22(27(31)32)36-38-40;3-2(4,5)1(6)7/h5-15,24,27H,2-4H2,1H3,(H,35,43)(H,44,45);(H,6,7)/t15-,24+;/m1./s1. The van der Waals surface area contributed by atoms with Gasteiger partial charge in [-0.2, -0.15) is 18.3 Å². The van der Waals surface area contributed by atoms with Crippen LogP contribution in [0.4, 0.5) is 27.8 Å². The predicted octanol–water partition coefficient (Wildman–Crippen LogP) is 5.34. The SMILES string of the molecule is C[C@@H]1CCC[C@H](n2cnc(-c3cc(Cl)ccc3-n3cc(C(F)F)nn3)cc2=O)c2cc(ccn2)-n2nc(C(=O)O)cc2NC1=O.O=C(O)C(F)(F)F. The van der Waals surface area contributed by atoms with Crippen LogP contribution in [0.25, 0.3) is 22.6 Å². The van der Waals surface area contributed by atoms with Gasteiger partial charge in [-0.15, -0.1) is 5.10 Å². The minimum Gasteiger partial charge on any atom is -0.476 e. The number of halogens is 6. The fourth-order valence-corrected chi connectivity index (χ4v) is 5.32. The molecular weight excluding hydrogens is 725 g/mol. The van der Waals surface area contributed by atoms with Crippen molar-refractivity contribution >= 4 is 35.3 Å². The Kier molecular flexibility index (Phi) is 10.8. The first-order chi connectivity index (χ1) is 24.5. The molecule has 2 bridgehead atoms. The van der Waals surface area contributed by atoms with E-state index in [2.05, 4.69) is 30.7 Å². The number of carboxylic acids is 2. The predicted molar refractivity (Wildman–Crippen MR) is 171 cm³/mol. The first-order valence-electron chi connectivity index (χ1n) is 15.0. The van der Waals surface area contributed by atoms with Gasteiger partial charge in [0.1, 0.15) is 11.5 Å². The Hall–Kier alpha value is -6.05. The molecule has 5 aromatic rings. The van der Waals surface area contributed by atoms with Gasteiger partial charge >= 0.3 is 18.1 Å². The van der Waals surface area contributed by atoms with Gasteiger partial charge in [0.15, 0.2) is 5.69 Å². The summed E-state index contributed by atoms with van der Waals surface area (Å²) in [6.07, 6.45) is -2.46. The largest absolute Gasteiger partial charge is 0.490 e. The van der Waals surface area contributed by atoms with Crippen LogP contribution in [0, 0.1) is 5.92 Å². The number of rotatable bonds is 5. The third kappa shape index (κ3) is 8.28. The van der Waals surface area contributed by atoms with Crippen molar-refractivity contribution in [3.63, 3.8) is 0 Å². The number of amides is 1. The number of aromatic carboxylic acids is 1. The average Bonchev–Trinajstić information content (AvgIpc) is 3.75. The Morgan fingerprint density at radius 2 is 1.77 bits per heavy atom. The number of hydrogen-bond donors (Lipinski definition) is 3. The summed E-state index contributed by atoms with van der Waals surface area (Å²) in [6, 6.07) is 9.93. The molecule has 272 valence electrons. The van der Waals surface area contributed by atoms with E-state index in [0.29, 0.717) is 46.9 Å². The van der Waals surface area contributed by atoms with Crippen molar-refractivity contribution < 1.29 is 46.5 Å². The van der Waals surface area contributed by atoms with Crippen LogP contribution in [0.3, 0.4) is 0 Å². The number of nitrogens with one attached hydrogen (secondary N) is 1. The zero-order valence-corrected chi connectivity index (χ0v) is 27.3. The number of nitrogens with zero attached hydrogens (tertiary/aromatic N) is 8. The number of aliphatic carboxylic acids is 1. The topological polar surface area (TPSA) is 200 Å². The maximum atomic E-state index is 13.7. The van der Waals surface area contributed by atoms with Crippen LogP contribution in [0.15, 0.2) is 66.0 Å². The first-order valence-corrected chi connectivity index (χ1v) is 15.4. The van der Waals surface area contributed by atoms with Crippen LogP contribution >= 0.6 is 11.6 Å². The van der Waals surface area contributed by atoms with Crippen molar-refractivity contribution in [1.82, 2.24) is 39.3 Å². The normalized spacial score (nSPS) is 16.1. The summed E-state index contributed by atoms with van der Waals surface area (Å²) < 4.78 is 62.0. The molecule has 21 heteroatoms. The van der Waals surface area contributed by atoms with E-state index in [-0.39, 0.29) is 23.1 Å². The maximum Gasteiger partial charge on any atom is 0.490 e. The molecule has 0 saturated heterocycles. The average molecular weight is 750 g/mol. The number of aromatic nitrogens is 8. The van der Waals surface area contributed by atoms with Gasteiger partial charge in [0.25, 0.3) is 12.0 Å². The number of carboxylic acid groups (broad SMARTS) is 2. The Bertz CT molecular complexity index is 2200. The summed E-state index contributed by atoms with van der Waals surface area (Å²) in [5.41, 5.74) is 0.667. The quantitative estimate of drug-likeness (QED) is 0.196. The Labute approximate surface area is 293 Å². The second kappa shape index (κ2) is 15.1. The van der Waals surface area contributed by atoms with Crippen LogP contribution in [0.1, 0.15) is 60.5 Å². The number of carbonyl (C=O) groups is 3. The molecular formula is C31H25ClF5N9O6. The van der Waals surface area contributed by atoms with Gasteiger partial charge in [-0.25, -0.2) is 32.7 Å². The molecule has 0 fully saturated rings. The molecule has 5 heterocycles. The van der Waals surface area contributed by atoms with Gasteiger partial charge in [0, 0.05) is 34.8 Å².